The standard InChI is InChI=1S/C18H18N2O4/c21-18(19-12-6-7-13-19)17(14-8-2-1-3-9-14)24-16-11-5-4-10-15(16)20(22)23/h1-5,8-11,17H,6-7,12-13H2. The smallest absolute Gasteiger partial charge is 0.310 e. The van der Waals surface area contributed by atoms with Crippen LogP contribution < -0.4 is 4.74 Å². The van der Waals surface area contributed by atoms with E-state index < -0.39 is 11.0 Å². The van der Waals surface area contributed by atoms with Gasteiger partial charge in [0.2, 0.25) is 6.10 Å². The number of ether oxygens (including phenoxy) is 1. The van der Waals surface area contributed by atoms with Gasteiger partial charge in [0.05, 0.1) is 4.92 Å². The maximum atomic E-state index is 12.9. The number of nitro benzene ring substituents is 1. The lowest BCUT2D eigenvalue weighted by molar-refractivity contribution is -0.386. The molecule has 0 aliphatic carbocycles. The van der Waals surface area contributed by atoms with Crippen molar-refractivity contribution in [1.82, 2.24) is 4.90 Å². The number of benzene rings is 2. The van der Waals surface area contributed by atoms with E-state index in [2.05, 4.69) is 0 Å². The lowest BCUT2D eigenvalue weighted by Crippen LogP contribution is -2.35. The highest BCUT2D eigenvalue weighted by atomic mass is 16.6. The molecule has 1 aliphatic heterocycles. The van der Waals surface area contributed by atoms with Gasteiger partial charge in [-0.2, -0.15) is 0 Å². The van der Waals surface area contributed by atoms with Crippen LogP contribution in [-0.2, 0) is 4.79 Å². The molecule has 0 saturated carbocycles. The summed E-state index contributed by atoms with van der Waals surface area (Å²) in [6.07, 6.45) is 1.06. The summed E-state index contributed by atoms with van der Waals surface area (Å²) in [6, 6.07) is 15.2. The van der Waals surface area contributed by atoms with Crippen LogP contribution in [0.25, 0.3) is 0 Å². The number of amides is 1. The zero-order chi connectivity index (χ0) is 16.9. The van der Waals surface area contributed by atoms with Gasteiger partial charge in [-0.05, 0) is 18.9 Å². The van der Waals surface area contributed by atoms with Gasteiger partial charge >= 0.3 is 5.69 Å². The van der Waals surface area contributed by atoms with Crippen molar-refractivity contribution < 1.29 is 14.5 Å². The van der Waals surface area contributed by atoms with E-state index in [1.54, 1.807) is 29.2 Å². The summed E-state index contributed by atoms with van der Waals surface area (Å²) in [5.41, 5.74) is 0.542. The highest BCUT2D eigenvalue weighted by Gasteiger charge is 2.31. The van der Waals surface area contributed by atoms with Crippen molar-refractivity contribution in [3.05, 3.63) is 70.3 Å². The molecule has 1 amide bonds. The fourth-order valence-electron chi connectivity index (χ4n) is 2.83. The van der Waals surface area contributed by atoms with Crippen molar-refractivity contribution in [2.24, 2.45) is 0 Å². The normalized spacial score (nSPS) is 15.1. The summed E-state index contributed by atoms with van der Waals surface area (Å²) < 4.78 is 5.83. The van der Waals surface area contributed by atoms with Crippen molar-refractivity contribution >= 4 is 11.6 Å². The third-order valence-corrected chi connectivity index (χ3v) is 4.05. The summed E-state index contributed by atoms with van der Waals surface area (Å²) >= 11 is 0. The van der Waals surface area contributed by atoms with E-state index in [-0.39, 0.29) is 17.3 Å². The summed E-state index contributed by atoms with van der Waals surface area (Å²) in [4.78, 5) is 25.3. The molecule has 0 spiro atoms. The molecule has 0 bridgehead atoms. The van der Waals surface area contributed by atoms with Gasteiger partial charge in [0.1, 0.15) is 0 Å². The van der Waals surface area contributed by atoms with Gasteiger partial charge in [0.15, 0.2) is 5.75 Å². The molecule has 1 heterocycles. The number of hydrogen-bond donors (Lipinski definition) is 0. The first-order chi connectivity index (χ1) is 11.7. The Bertz CT molecular complexity index is 727. The van der Waals surface area contributed by atoms with Gasteiger partial charge in [-0.1, -0.05) is 42.5 Å². The van der Waals surface area contributed by atoms with E-state index in [1.165, 1.54) is 12.1 Å². The molecule has 6 nitrogen and oxygen atoms in total. The number of para-hydroxylation sites is 2. The maximum absolute atomic E-state index is 12.9. The molecule has 124 valence electrons. The van der Waals surface area contributed by atoms with Crippen molar-refractivity contribution in [2.75, 3.05) is 13.1 Å². The molecule has 2 aromatic carbocycles. The van der Waals surface area contributed by atoms with E-state index in [9.17, 15) is 14.9 Å². The highest BCUT2D eigenvalue weighted by Crippen LogP contribution is 2.32. The number of nitro groups is 1. The predicted molar refractivity (Wildman–Crippen MR) is 88.7 cm³/mol. The quantitative estimate of drug-likeness (QED) is 0.624. The first kappa shape index (κ1) is 16.0. The van der Waals surface area contributed by atoms with Crippen LogP contribution in [0.5, 0.6) is 5.75 Å². The molecule has 1 saturated heterocycles. The Morgan fingerprint density at radius 2 is 1.67 bits per heavy atom. The minimum absolute atomic E-state index is 0.101. The van der Waals surface area contributed by atoms with Gasteiger partial charge in [0, 0.05) is 24.7 Å². The number of likely N-dealkylation sites (tertiary alicyclic amines) is 1. The van der Waals surface area contributed by atoms with Gasteiger partial charge in [-0.15, -0.1) is 0 Å². The number of hydrogen-bond acceptors (Lipinski definition) is 4. The lowest BCUT2D eigenvalue weighted by atomic mass is 10.1. The zero-order valence-electron chi connectivity index (χ0n) is 13.1. The Hall–Kier alpha value is -2.89. The van der Waals surface area contributed by atoms with E-state index in [0.717, 1.165) is 12.8 Å². The Morgan fingerprint density at radius 3 is 2.33 bits per heavy atom. The van der Waals surface area contributed by atoms with E-state index in [0.29, 0.717) is 18.7 Å². The van der Waals surface area contributed by atoms with Crippen LogP contribution in [0.3, 0.4) is 0 Å². The topological polar surface area (TPSA) is 72.7 Å². The molecule has 24 heavy (non-hydrogen) atoms. The monoisotopic (exact) mass is 326 g/mol. The van der Waals surface area contributed by atoms with E-state index >= 15 is 0 Å². The van der Waals surface area contributed by atoms with Gasteiger partial charge < -0.3 is 9.64 Å². The molecule has 0 aromatic heterocycles. The number of nitrogens with zero attached hydrogens (tertiary/aromatic N) is 2. The Balaban J connectivity index is 1.93. The number of carbonyl (C=O) groups is 1. The van der Waals surface area contributed by atoms with Crippen LogP contribution >= 0.6 is 0 Å². The van der Waals surface area contributed by atoms with E-state index in [1.807, 2.05) is 18.2 Å². The van der Waals surface area contributed by atoms with Crippen LogP contribution in [0.2, 0.25) is 0 Å². The Labute approximate surface area is 139 Å². The molecule has 1 atom stereocenters. The molecule has 6 heteroatoms. The highest BCUT2D eigenvalue weighted by molar-refractivity contribution is 5.83. The lowest BCUT2D eigenvalue weighted by Gasteiger charge is -2.24. The molecule has 2 aromatic rings. The fourth-order valence-corrected chi connectivity index (χ4v) is 2.83. The van der Waals surface area contributed by atoms with Crippen LogP contribution in [0, 0.1) is 10.1 Å². The Morgan fingerprint density at radius 1 is 1.04 bits per heavy atom. The summed E-state index contributed by atoms with van der Waals surface area (Å²) in [5.74, 6) is -0.0549. The van der Waals surface area contributed by atoms with E-state index in [4.69, 9.17) is 4.74 Å². The van der Waals surface area contributed by atoms with Crippen molar-refractivity contribution in [1.29, 1.82) is 0 Å². The second-order valence-electron chi connectivity index (χ2n) is 5.67. The summed E-state index contributed by atoms with van der Waals surface area (Å²) in [6.45, 7) is 1.39. The average molecular weight is 326 g/mol. The molecule has 3 rings (SSSR count). The second-order valence-corrected chi connectivity index (χ2v) is 5.67. The van der Waals surface area contributed by atoms with Gasteiger partial charge in [-0.25, -0.2) is 0 Å². The third kappa shape index (κ3) is 3.37. The fraction of sp³-hybridized carbons (Fsp3) is 0.278. The third-order valence-electron chi connectivity index (χ3n) is 4.05. The molecular formula is C18H18N2O4. The number of rotatable bonds is 5. The van der Waals surface area contributed by atoms with Crippen molar-refractivity contribution in [2.45, 2.75) is 18.9 Å². The van der Waals surface area contributed by atoms with Gasteiger partial charge in [0.25, 0.3) is 5.91 Å². The van der Waals surface area contributed by atoms with Crippen LogP contribution in [0.15, 0.2) is 54.6 Å². The second kappa shape index (κ2) is 7.12. The Kier molecular flexibility index (Phi) is 4.74. The van der Waals surface area contributed by atoms with Crippen molar-refractivity contribution in [3.63, 3.8) is 0 Å². The minimum atomic E-state index is -0.884. The minimum Gasteiger partial charge on any atom is -0.469 e. The van der Waals surface area contributed by atoms with Crippen molar-refractivity contribution in [3.8, 4) is 5.75 Å². The molecule has 0 N–H and O–H groups in total. The molecular weight excluding hydrogens is 308 g/mol. The molecule has 0 radical (unpaired) electrons. The van der Waals surface area contributed by atoms with Crippen LogP contribution in [-0.4, -0.2) is 28.8 Å². The molecule has 1 unspecified atom stereocenters. The SMILES string of the molecule is O=C(C(Oc1ccccc1[N+](=O)[O-])c1ccccc1)N1CCCC1. The first-order valence-corrected chi connectivity index (χ1v) is 7.90. The van der Waals surface area contributed by atoms with Crippen LogP contribution in [0.1, 0.15) is 24.5 Å². The molecule has 1 aliphatic rings. The molecule has 1 fully saturated rings. The maximum Gasteiger partial charge on any atom is 0.310 e. The predicted octanol–water partition coefficient (Wildman–Crippen LogP) is 3.34. The van der Waals surface area contributed by atoms with Crippen LogP contribution in [0.4, 0.5) is 5.69 Å². The summed E-state index contributed by atoms with van der Waals surface area (Å²) in [5, 5.41) is 11.2. The average Bonchev–Trinajstić information content (AvgIpc) is 3.15. The first-order valence-electron chi connectivity index (χ1n) is 7.90. The van der Waals surface area contributed by atoms with Gasteiger partial charge in [-0.3, -0.25) is 14.9 Å². The summed E-state index contributed by atoms with van der Waals surface area (Å²) in [7, 11) is 0. The zero-order valence-corrected chi connectivity index (χ0v) is 13.1. The largest absolute Gasteiger partial charge is 0.469 e. The number of carbonyl (C=O) groups excluding carboxylic acids is 1.